The second kappa shape index (κ2) is 7.34. The maximum Gasteiger partial charge on any atom is 0.389 e. The topological polar surface area (TPSA) is 54.0 Å². The van der Waals surface area contributed by atoms with Crippen molar-refractivity contribution in [2.75, 3.05) is 19.8 Å². The van der Waals surface area contributed by atoms with Crippen molar-refractivity contribution >= 4 is 7.60 Å². The molecule has 1 atom stereocenters. The second-order valence-corrected chi connectivity index (χ2v) is 7.20. The molecule has 5 nitrogen and oxygen atoms in total. The first kappa shape index (κ1) is 17.1. The first-order chi connectivity index (χ1) is 10.0. The summed E-state index contributed by atoms with van der Waals surface area (Å²) < 4.78 is 48.0. The lowest BCUT2D eigenvalue weighted by Crippen LogP contribution is -2.33. The molecule has 0 aromatic rings. The summed E-state index contributed by atoms with van der Waals surface area (Å²) in [6, 6.07) is 0. The van der Waals surface area contributed by atoms with Crippen LogP contribution in [0.1, 0.15) is 46.0 Å². The van der Waals surface area contributed by atoms with Crippen LogP contribution in [0.5, 0.6) is 0 Å². The van der Waals surface area contributed by atoms with Gasteiger partial charge in [-0.15, -0.1) is 0 Å². The van der Waals surface area contributed by atoms with E-state index in [1.165, 1.54) is 12.5 Å². The maximum absolute atomic E-state index is 14.2. The molecular weight excluding hydrogens is 298 g/mol. The largest absolute Gasteiger partial charge is 0.389 e. The summed E-state index contributed by atoms with van der Waals surface area (Å²) in [5, 5.41) is 0. The van der Waals surface area contributed by atoms with Gasteiger partial charge in [0.25, 0.3) is 0 Å². The van der Waals surface area contributed by atoms with Crippen molar-refractivity contribution in [2.45, 2.75) is 57.8 Å². The van der Waals surface area contributed by atoms with Crippen molar-refractivity contribution < 1.29 is 27.5 Å². The van der Waals surface area contributed by atoms with E-state index < -0.39 is 25.1 Å². The van der Waals surface area contributed by atoms with Gasteiger partial charge in [0.1, 0.15) is 6.10 Å². The van der Waals surface area contributed by atoms with Crippen LogP contribution in [0, 0.1) is 0 Å². The summed E-state index contributed by atoms with van der Waals surface area (Å²) in [4.78, 5) is 0. The monoisotopic (exact) mass is 322 g/mol. The minimum Gasteiger partial charge on any atom is -0.347 e. The van der Waals surface area contributed by atoms with E-state index >= 15 is 0 Å². The Morgan fingerprint density at radius 1 is 1.29 bits per heavy atom. The van der Waals surface area contributed by atoms with Crippen molar-refractivity contribution in [3.8, 4) is 0 Å². The van der Waals surface area contributed by atoms with Crippen molar-refractivity contribution in [2.24, 2.45) is 0 Å². The van der Waals surface area contributed by atoms with Gasteiger partial charge in [0, 0.05) is 12.8 Å². The van der Waals surface area contributed by atoms with Gasteiger partial charge in [-0.25, -0.2) is 0 Å². The first-order valence-electron chi connectivity index (χ1n) is 7.62. The molecule has 0 amide bonds. The molecule has 1 aliphatic carbocycles. The molecule has 0 aromatic carbocycles. The predicted molar refractivity (Wildman–Crippen MR) is 76.7 cm³/mol. The Morgan fingerprint density at radius 2 is 1.90 bits per heavy atom. The van der Waals surface area contributed by atoms with Gasteiger partial charge >= 0.3 is 7.60 Å². The highest BCUT2D eigenvalue weighted by Gasteiger charge is 2.42. The maximum atomic E-state index is 14.2. The highest BCUT2D eigenvalue weighted by Crippen LogP contribution is 2.57. The molecule has 1 aliphatic heterocycles. The third-order valence-electron chi connectivity index (χ3n) is 3.68. The fraction of sp³-hybridized carbons (Fsp3) is 0.857. The Morgan fingerprint density at radius 3 is 2.48 bits per heavy atom. The molecule has 0 unspecified atom stereocenters. The average molecular weight is 322 g/mol. The Labute approximate surface area is 125 Å². The average Bonchev–Trinajstić information content (AvgIpc) is 2.82. The van der Waals surface area contributed by atoms with Crippen LogP contribution in [0.2, 0.25) is 0 Å². The molecule has 0 aromatic heterocycles. The van der Waals surface area contributed by atoms with E-state index in [2.05, 4.69) is 0 Å². The minimum atomic E-state index is -3.86. The molecule has 2 aliphatic rings. The highest BCUT2D eigenvalue weighted by molar-refractivity contribution is 7.58. The summed E-state index contributed by atoms with van der Waals surface area (Å²) >= 11 is 0. The zero-order valence-corrected chi connectivity index (χ0v) is 13.6. The molecule has 1 saturated carbocycles. The number of halogens is 1. The van der Waals surface area contributed by atoms with E-state index in [-0.39, 0.29) is 19.8 Å². The van der Waals surface area contributed by atoms with E-state index in [4.69, 9.17) is 18.5 Å². The summed E-state index contributed by atoms with van der Waals surface area (Å²) in [5.74, 6) is -0.582. The summed E-state index contributed by atoms with van der Waals surface area (Å²) in [6.07, 6.45) is 5.56. The molecule has 7 heteroatoms. The van der Waals surface area contributed by atoms with E-state index in [0.717, 1.165) is 25.7 Å². The van der Waals surface area contributed by atoms with Gasteiger partial charge in [0.05, 0.1) is 19.8 Å². The van der Waals surface area contributed by atoms with Crippen LogP contribution in [0.15, 0.2) is 11.6 Å². The first-order valence-corrected chi connectivity index (χ1v) is 9.16. The normalized spacial score (nSPS) is 26.4. The predicted octanol–water partition coefficient (Wildman–Crippen LogP) is 4.14. The lowest BCUT2D eigenvalue weighted by Gasteiger charge is -2.31. The molecular formula is C14H24FO5P. The summed E-state index contributed by atoms with van der Waals surface area (Å²) in [6.45, 7) is 3.79. The highest BCUT2D eigenvalue weighted by atomic mass is 31.2. The molecule has 1 heterocycles. The number of hydrogen-bond acceptors (Lipinski definition) is 5. The van der Waals surface area contributed by atoms with Gasteiger partial charge < -0.3 is 18.5 Å². The number of ether oxygens (including phenoxy) is 2. The Bertz CT molecular complexity index is 410. The lowest BCUT2D eigenvalue weighted by atomic mass is 9.94. The van der Waals surface area contributed by atoms with Gasteiger partial charge in [-0.05, 0) is 32.8 Å². The van der Waals surface area contributed by atoms with Crippen LogP contribution in [-0.2, 0) is 23.1 Å². The Hall–Kier alpha value is -0.260. The molecule has 0 N–H and O–H groups in total. The molecule has 1 saturated heterocycles. The summed E-state index contributed by atoms with van der Waals surface area (Å²) in [7, 11) is -3.86. The van der Waals surface area contributed by atoms with Crippen LogP contribution in [0.25, 0.3) is 0 Å². The lowest BCUT2D eigenvalue weighted by molar-refractivity contribution is -0.183. The van der Waals surface area contributed by atoms with E-state index in [0.29, 0.717) is 0 Å². The third-order valence-corrected chi connectivity index (χ3v) is 5.54. The minimum absolute atomic E-state index is 0.116. The van der Waals surface area contributed by atoms with Crippen LogP contribution in [0.4, 0.5) is 4.39 Å². The van der Waals surface area contributed by atoms with Gasteiger partial charge in [0.2, 0.25) is 5.57 Å². The fourth-order valence-corrected chi connectivity index (χ4v) is 4.11. The molecule has 0 radical (unpaired) electrons. The van der Waals surface area contributed by atoms with Crippen molar-refractivity contribution in [1.29, 1.82) is 0 Å². The standard InChI is InChI=1S/C14H24FO5P/c1-3-18-21(16,19-4-2)13(15)10-12-11-17-14(20-12)8-6-5-7-9-14/h10,12H,3-9,11H2,1-2H3/b13-10+/t12-/m1/s1. The van der Waals surface area contributed by atoms with Crippen LogP contribution >= 0.6 is 7.60 Å². The quantitative estimate of drug-likeness (QED) is 0.688. The second-order valence-electron chi connectivity index (χ2n) is 5.26. The van der Waals surface area contributed by atoms with Crippen molar-refractivity contribution in [3.63, 3.8) is 0 Å². The molecule has 122 valence electrons. The van der Waals surface area contributed by atoms with Gasteiger partial charge in [-0.3, -0.25) is 4.57 Å². The molecule has 1 spiro atoms. The van der Waals surface area contributed by atoms with E-state index in [9.17, 15) is 8.96 Å². The Kier molecular flexibility index (Phi) is 5.97. The van der Waals surface area contributed by atoms with Crippen molar-refractivity contribution in [3.05, 3.63) is 11.6 Å². The zero-order chi connectivity index (χ0) is 15.3. The van der Waals surface area contributed by atoms with E-state index in [1.807, 2.05) is 0 Å². The third kappa shape index (κ3) is 4.14. The van der Waals surface area contributed by atoms with Crippen molar-refractivity contribution in [1.82, 2.24) is 0 Å². The van der Waals surface area contributed by atoms with Crippen LogP contribution < -0.4 is 0 Å². The summed E-state index contributed by atoms with van der Waals surface area (Å²) in [5.41, 5.74) is -0.896. The van der Waals surface area contributed by atoms with Crippen LogP contribution in [-0.4, -0.2) is 31.7 Å². The van der Waals surface area contributed by atoms with Crippen LogP contribution in [0.3, 0.4) is 0 Å². The Balaban J connectivity index is 2.03. The SMILES string of the molecule is CCOP(=O)(OCC)/C(F)=C/[C@@H]1COC2(CCCCC2)O1. The zero-order valence-electron chi connectivity index (χ0n) is 12.7. The van der Waals surface area contributed by atoms with Gasteiger partial charge in [-0.2, -0.15) is 4.39 Å². The molecule has 2 rings (SSSR count). The van der Waals surface area contributed by atoms with Gasteiger partial charge in [-0.1, -0.05) is 6.42 Å². The van der Waals surface area contributed by atoms with E-state index in [1.54, 1.807) is 13.8 Å². The number of rotatable bonds is 6. The molecule has 21 heavy (non-hydrogen) atoms. The fourth-order valence-electron chi connectivity index (χ4n) is 2.76. The smallest absolute Gasteiger partial charge is 0.347 e. The molecule has 0 bridgehead atoms. The molecule has 2 fully saturated rings. The van der Waals surface area contributed by atoms with Gasteiger partial charge in [0.15, 0.2) is 5.79 Å². The number of hydrogen-bond donors (Lipinski definition) is 0.